The number of hydrogen-bond acceptors (Lipinski definition) is 4. The van der Waals surface area contributed by atoms with Gasteiger partial charge in [-0.2, -0.15) is 0 Å². The summed E-state index contributed by atoms with van der Waals surface area (Å²) in [4.78, 5) is 8.10. The Morgan fingerprint density at radius 1 is 1.42 bits per heavy atom. The van der Waals surface area contributed by atoms with Crippen molar-refractivity contribution in [3.05, 3.63) is 16.1 Å². The molecule has 1 fully saturated rings. The summed E-state index contributed by atoms with van der Waals surface area (Å²) in [6.07, 6.45) is 5.58. The molecule has 4 heteroatoms. The zero-order chi connectivity index (χ0) is 13.7. The number of nitrogens with one attached hydrogen (secondary N) is 1. The third-order valence-corrected chi connectivity index (χ3v) is 5.19. The molecular formula is C15H27N3S. The Hall–Kier alpha value is -0.450. The fraction of sp³-hybridized carbons (Fsp3) is 0.800. The monoisotopic (exact) mass is 281 g/mol. The summed E-state index contributed by atoms with van der Waals surface area (Å²) in [5.41, 5.74) is 3.13. The van der Waals surface area contributed by atoms with E-state index in [-0.39, 0.29) is 0 Å². The number of aryl methyl sites for hydroxylation is 1. The lowest BCUT2D eigenvalue weighted by molar-refractivity contribution is 0.259. The van der Waals surface area contributed by atoms with Crippen LogP contribution in [0.3, 0.4) is 0 Å². The predicted octanol–water partition coefficient (Wildman–Crippen LogP) is 3.05. The maximum atomic E-state index is 4.31. The van der Waals surface area contributed by atoms with E-state index < -0.39 is 0 Å². The number of nitrogens with zero attached hydrogens (tertiary/aromatic N) is 2. The molecule has 1 heterocycles. The normalized spacial score (nSPS) is 24.0. The van der Waals surface area contributed by atoms with Crippen molar-refractivity contribution in [2.45, 2.75) is 52.1 Å². The molecule has 2 unspecified atom stereocenters. The van der Waals surface area contributed by atoms with Gasteiger partial charge in [-0.25, -0.2) is 4.98 Å². The second kappa shape index (κ2) is 7.36. The molecule has 1 aliphatic rings. The molecule has 0 bridgehead atoms. The molecule has 2 rings (SSSR count). The van der Waals surface area contributed by atoms with E-state index in [0.717, 1.165) is 31.6 Å². The fourth-order valence-corrected chi connectivity index (χ4v) is 3.72. The highest BCUT2D eigenvalue weighted by Crippen LogP contribution is 2.23. The van der Waals surface area contributed by atoms with E-state index in [4.69, 9.17) is 0 Å². The van der Waals surface area contributed by atoms with Gasteiger partial charge < -0.3 is 5.32 Å². The number of likely N-dealkylation sites (N-methyl/N-ethyl adjacent to an activating group) is 1. The minimum atomic E-state index is 0.743. The minimum absolute atomic E-state index is 0.743. The van der Waals surface area contributed by atoms with Crippen molar-refractivity contribution in [3.63, 3.8) is 0 Å². The van der Waals surface area contributed by atoms with E-state index >= 15 is 0 Å². The summed E-state index contributed by atoms with van der Waals surface area (Å²) in [5.74, 6) is 0.850. The van der Waals surface area contributed by atoms with Gasteiger partial charge >= 0.3 is 0 Å². The molecule has 0 spiro atoms. The number of thiazole rings is 1. The third-order valence-electron chi connectivity index (χ3n) is 4.27. The maximum Gasteiger partial charge on any atom is 0.0798 e. The van der Waals surface area contributed by atoms with E-state index in [0.29, 0.717) is 0 Å². The van der Waals surface area contributed by atoms with Gasteiger partial charge in [0.15, 0.2) is 0 Å². The smallest absolute Gasteiger partial charge is 0.0798 e. The summed E-state index contributed by atoms with van der Waals surface area (Å²) in [6.45, 7) is 7.73. The highest BCUT2D eigenvalue weighted by atomic mass is 32.1. The lowest BCUT2D eigenvalue weighted by Gasteiger charge is -2.30. The van der Waals surface area contributed by atoms with Crippen molar-refractivity contribution < 1.29 is 0 Å². The quantitative estimate of drug-likeness (QED) is 0.868. The van der Waals surface area contributed by atoms with Crippen LogP contribution >= 0.6 is 11.3 Å². The van der Waals surface area contributed by atoms with Crippen molar-refractivity contribution in [3.8, 4) is 0 Å². The maximum absolute atomic E-state index is 4.31. The summed E-state index contributed by atoms with van der Waals surface area (Å²) in [7, 11) is 2.20. The molecule has 1 aromatic heterocycles. The van der Waals surface area contributed by atoms with E-state index in [1.165, 1.54) is 36.3 Å². The van der Waals surface area contributed by atoms with Crippen LogP contribution in [0, 0.1) is 12.8 Å². The van der Waals surface area contributed by atoms with Crippen LogP contribution < -0.4 is 5.32 Å². The zero-order valence-corrected chi connectivity index (χ0v) is 13.3. The van der Waals surface area contributed by atoms with Gasteiger partial charge in [0, 0.05) is 30.6 Å². The van der Waals surface area contributed by atoms with E-state index in [1.807, 2.05) is 5.51 Å². The van der Waals surface area contributed by atoms with E-state index in [1.54, 1.807) is 11.3 Å². The first kappa shape index (κ1) is 14.9. The second-order valence-corrected chi connectivity index (χ2v) is 6.86. The molecule has 19 heavy (non-hydrogen) atoms. The first-order chi connectivity index (χ1) is 9.16. The molecule has 1 N–H and O–H groups in total. The minimum Gasteiger partial charge on any atom is -0.312 e. The van der Waals surface area contributed by atoms with Crippen molar-refractivity contribution >= 4 is 11.3 Å². The molecule has 0 aromatic carbocycles. The van der Waals surface area contributed by atoms with Gasteiger partial charge in [-0.3, -0.25) is 4.90 Å². The molecule has 0 aliphatic heterocycles. The van der Waals surface area contributed by atoms with Gasteiger partial charge in [0.25, 0.3) is 0 Å². The van der Waals surface area contributed by atoms with Crippen LogP contribution in [0.1, 0.15) is 43.2 Å². The Balaban J connectivity index is 1.66. The molecule has 1 aliphatic carbocycles. The van der Waals surface area contributed by atoms with Crippen LogP contribution in [-0.2, 0) is 6.54 Å². The highest BCUT2D eigenvalue weighted by Gasteiger charge is 2.20. The summed E-state index contributed by atoms with van der Waals surface area (Å²) < 4.78 is 0. The van der Waals surface area contributed by atoms with Crippen molar-refractivity contribution in [2.24, 2.45) is 5.92 Å². The number of aromatic nitrogens is 1. The van der Waals surface area contributed by atoms with Gasteiger partial charge in [0.05, 0.1) is 11.2 Å². The van der Waals surface area contributed by atoms with Gasteiger partial charge in [-0.05, 0) is 32.7 Å². The van der Waals surface area contributed by atoms with E-state index in [2.05, 4.69) is 36.1 Å². The Kier molecular flexibility index (Phi) is 5.79. The summed E-state index contributed by atoms with van der Waals surface area (Å²) >= 11 is 1.77. The third kappa shape index (κ3) is 4.55. The van der Waals surface area contributed by atoms with Crippen LogP contribution in [0.2, 0.25) is 0 Å². The molecule has 0 radical (unpaired) electrons. The van der Waals surface area contributed by atoms with Gasteiger partial charge in [-0.15, -0.1) is 11.3 Å². The zero-order valence-electron chi connectivity index (χ0n) is 12.5. The Morgan fingerprint density at radius 3 is 2.89 bits per heavy atom. The van der Waals surface area contributed by atoms with Gasteiger partial charge in [-0.1, -0.05) is 19.8 Å². The number of hydrogen-bond donors (Lipinski definition) is 1. The van der Waals surface area contributed by atoms with Crippen LogP contribution in [0.5, 0.6) is 0 Å². The van der Waals surface area contributed by atoms with Gasteiger partial charge in [0.1, 0.15) is 0 Å². The van der Waals surface area contributed by atoms with Crippen LogP contribution in [-0.4, -0.2) is 36.1 Å². The molecule has 3 nitrogen and oxygen atoms in total. The average molecular weight is 281 g/mol. The predicted molar refractivity (Wildman–Crippen MR) is 82.6 cm³/mol. The average Bonchev–Trinajstić information content (AvgIpc) is 2.77. The first-order valence-corrected chi connectivity index (χ1v) is 8.35. The first-order valence-electron chi connectivity index (χ1n) is 7.47. The fourth-order valence-electron chi connectivity index (χ4n) is 2.86. The molecule has 1 aromatic rings. The largest absolute Gasteiger partial charge is 0.312 e. The summed E-state index contributed by atoms with van der Waals surface area (Å²) in [6, 6.07) is 0.743. The molecule has 1 saturated carbocycles. The Bertz CT molecular complexity index is 377. The van der Waals surface area contributed by atoms with E-state index in [9.17, 15) is 0 Å². The van der Waals surface area contributed by atoms with Crippen LogP contribution in [0.25, 0.3) is 0 Å². The Morgan fingerprint density at radius 2 is 2.21 bits per heavy atom. The molecule has 0 amide bonds. The topological polar surface area (TPSA) is 28.2 Å². The molecule has 2 atom stereocenters. The van der Waals surface area contributed by atoms with Crippen molar-refractivity contribution in [1.82, 2.24) is 15.2 Å². The standard InChI is InChI=1S/C15H27N3S/c1-12-6-4-5-7-14(12)16-8-9-18(3)10-15-13(2)17-11-19-15/h11-12,14,16H,4-10H2,1-3H3. The Labute approximate surface area is 121 Å². The van der Waals surface area contributed by atoms with Crippen molar-refractivity contribution in [2.75, 3.05) is 20.1 Å². The second-order valence-electron chi connectivity index (χ2n) is 5.92. The van der Waals surface area contributed by atoms with Crippen molar-refractivity contribution in [1.29, 1.82) is 0 Å². The molecule has 0 saturated heterocycles. The number of rotatable bonds is 6. The lowest BCUT2D eigenvalue weighted by atomic mass is 9.86. The van der Waals surface area contributed by atoms with Crippen LogP contribution in [0.15, 0.2) is 5.51 Å². The molecule has 108 valence electrons. The SMILES string of the molecule is Cc1ncsc1CN(C)CCNC1CCCCC1C. The summed E-state index contributed by atoms with van der Waals surface area (Å²) in [5, 5.41) is 3.74. The van der Waals surface area contributed by atoms with Gasteiger partial charge in [0.2, 0.25) is 0 Å². The van der Waals surface area contributed by atoms with Crippen LogP contribution in [0.4, 0.5) is 0 Å². The highest BCUT2D eigenvalue weighted by molar-refractivity contribution is 7.09. The lowest BCUT2D eigenvalue weighted by Crippen LogP contribution is -2.40. The molecular weight excluding hydrogens is 254 g/mol.